The van der Waals surface area contributed by atoms with Gasteiger partial charge in [0.25, 0.3) is 5.91 Å². The quantitative estimate of drug-likeness (QED) is 0.564. The van der Waals surface area contributed by atoms with Crippen molar-refractivity contribution in [2.75, 3.05) is 6.61 Å². The van der Waals surface area contributed by atoms with Crippen molar-refractivity contribution in [3.63, 3.8) is 0 Å². The van der Waals surface area contributed by atoms with Crippen molar-refractivity contribution in [1.82, 2.24) is 10.2 Å². The molecule has 0 radical (unpaired) electrons. The minimum Gasteiger partial charge on any atom is -0.484 e. The molecule has 172 valence electrons. The summed E-state index contributed by atoms with van der Waals surface area (Å²) in [5.41, 5.74) is 3.19. The highest BCUT2D eigenvalue weighted by molar-refractivity contribution is 6.30. The first kappa shape index (κ1) is 24.1. The molecule has 2 aromatic carbocycles. The van der Waals surface area contributed by atoms with Crippen LogP contribution in [0.5, 0.6) is 5.75 Å². The van der Waals surface area contributed by atoms with Crippen LogP contribution in [0.3, 0.4) is 0 Å². The van der Waals surface area contributed by atoms with Gasteiger partial charge in [-0.25, -0.2) is 0 Å². The average molecular weight is 457 g/mol. The average Bonchev–Trinajstić information content (AvgIpc) is 3.28. The Labute approximate surface area is 196 Å². The summed E-state index contributed by atoms with van der Waals surface area (Å²) in [6, 6.07) is 12.8. The van der Waals surface area contributed by atoms with Crippen LogP contribution in [0, 0.1) is 13.8 Å². The molecule has 2 aromatic rings. The number of carbonyl (C=O) groups is 2. The number of hydrogen-bond donors (Lipinski definition) is 1. The van der Waals surface area contributed by atoms with Gasteiger partial charge in [-0.05, 0) is 74.1 Å². The van der Waals surface area contributed by atoms with E-state index in [0.29, 0.717) is 23.7 Å². The first-order valence-electron chi connectivity index (χ1n) is 11.4. The number of benzene rings is 2. The number of hydrogen-bond acceptors (Lipinski definition) is 3. The minimum absolute atomic E-state index is 0.0899. The van der Waals surface area contributed by atoms with Gasteiger partial charge in [-0.15, -0.1) is 0 Å². The fraction of sp³-hybridized carbons (Fsp3) is 0.462. The van der Waals surface area contributed by atoms with Crippen molar-refractivity contribution in [1.29, 1.82) is 0 Å². The molecule has 0 aromatic heterocycles. The van der Waals surface area contributed by atoms with Crippen molar-refractivity contribution in [2.45, 2.75) is 71.5 Å². The summed E-state index contributed by atoms with van der Waals surface area (Å²) in [6.07, 6.45) is 4.81. The van der Waals surface area contributed by atoms with Crippen LogP contribution in [0.1, 0.15) is 55.7 Å². The molecular weight excluding hydrogens is 424 g/mol. The number of nitrogens with one attached hydrogen (secondary N) is 1. The lowest BCUT2D eigenvalue weighted by Crippen LogP contribution is -2.52. The van der Waals surface area contributed by atoms with Crippen LogP contribution in [0.2, 0.25) is 5.02 Å². The molecule has 1 saturated carbocycles. The van der Waals surface area contributed by atoms with Crippen molar-refractivity contribution < 1.29 is 14.3 Å². The van der Waals surface area contributed by atoms with Gasteiger partial charge in [0.05, 0.1) is 0 Å². The maximum absolute atomic E-state index is 13.3. The molecule has 3 rings (SSSR count). The van der Waals surface area contributed by atoms with Gasteiger partial charge in [-0.3, -0.25) is 9.59 Å². The zero-order valence-electron chi connectivity index (χ0n) is 19.2. The molecule has 6 heteroatoms. The molecular formula is C26H33ClN2O3. The Morgan fingerprint density at radius 2 is 1.78 bits per heavy atom. The van der Waals surface area contributed by atoms with Crippen molar-refractivity contribution in [2.24, 2.45) is 0 Å². The molecule has 0 bridgehead atoms. The number of carbonyl (C=O) groups excluding carboxylic acids is 2. The normalized spacial score (nSPS) is 14.8. The van der Waals surface area contributed by atoms with Crippen LogP contribution in [0.15, 0.2) is 42.5 Å². The highest BCUT2D eigenvalue weighted by Crippen LogP contribution is 2.21. The van der Waals surface area contributed by atoms with Crippen LogP contribution in [0.4, 0.5) is 0 Å². The first-order chi connectivity index (χ1) is 15.4. The first-order valence-corrected chi connectivity index (χ1v) is 11.8. The van der Waals surface area contributed by atoms with E-state index in [1.165, 1.54) is 5.56 Å². The summed E-state index contributed by atoms with van der Waals surface area (Å²) >= 11 is 6.02. The maximum atomic E-state index is 13.3. The Morgan fingerprint density at radius 3 is 2.41 bits per heavy atom. The molecule has 1 N–H and O–H groups in total. The molecule has 0 saturated heterocycles. The second-order valence-electron chi connectivity index (χ2n) is 8.60. The molecule has 2 amide bonds. The Hall–Kier alpha value is -2.53. The van der Waals surface area contributed by atoms with E-state index in [9.17, 15) is 9.59 Å². The Kier molecular flexibility index (Phi) is 8.57. The predicted molar refractivity (Wildman–Crippen MR) is 128 cm³/mol. The van der Waals surface area contributed by atoms with Gasteiger partial charge in [0.1, 0.15) is 11.8 Å². The summed E-state index contributed by atoms with van der Waals surface area (Å²) in [5, 5.41) is 3.79. The number of amides is 2. The third-order valence-corrected chi connectivity index (χ3v) is 6.45. The van der Waals surface area contributed by atoms with Crippen molar-refractivity contribution in [3.8, 4) is 5.75 Å². The Balaban J connectivity index is 1.75. The monoisotopic (exact) mass is 456 g/mol. The standard InChI is InChI=1S/C26H33ClN2O3/c1-4-24(26(31)28-22-7-5-6-8-22)29(16-20-10-12-21(27)13-11-20)25(30)17-32-23-14-9-18(2)19(3)15-23/h9-15,22,24H,4-8,16-17H2,1-3H3,(H,28,31)/t24-/m0/s1. The van der Waals surface area contributed by atoms with Gasteiger partial charge in [0.15, 0.2) is 6.61 Å². The van der Waals surface area contributed by atoms with Gasteiger partial charge < -0.3 is 15.0 Å². The van der Waals surface area contributed by atoms with E-state index in [1.807, 2.05) is 51.1 Å². The smallest absolute Gasteiger partial charge is 0.261 e. The molecule has 0 unspecified atom stereocenters. The molecule has 1 fully saturated rings. The zero-order chi connectivity index (χ0) is 23.1. The molecule has 1 atom stereocenters. The topological polar surface area (TPSA) is 58.6 Å². The second-order valence-corrected chi connectivity index (χ2v) is 9.03. The molecule has 0 aliphatic heterocycles. The van der Waals surface area contributed by atoms with Gasteiger partial charge >= 0.3 is 0 Å². The molecule has 1 aliphatic rings. The number of aryl methyl sites for hydroxylation is 2. The van der Waals surface area contributed by atoms with Crippen LogP contribution in [0.25, 0.3) is 0 Å². The lowest BCUT2D eigenvalue weighted by Gasteiger charge is -2.31. The SMILES string of the molecule is CC[C@@H](C(=O)NC1CCCC1)N(Cc1ccc(Cl)cc1)C(=O)COc1ccc(C)c(C)c1. The van der Waals surface area contributed by atoms with Crippen LogP contribution < -0.4 is 10.1 Å². The van der Waals surface area contributed by atoms with E-state index in [0.717, 1.165) is 36.8 Å². The summed E-state index contributed by atoms with van der Waals surface area (Å²) in [7, 11) is 0. The van der Waals surface area contributed by atoms with Crippen LogP contribution >= 0.6 is 11.6 Å². The van der Waals surface area contributed by atoms with Gasteiger partial charge in [0, 0.05) is 17.6 Å². The summed E-state index contributed by atoms with van der Waals surface area (Å²) in [4.78, 5) is 28.0. The third kappa shape index (κ3) is 6.49. The summed E-state index contributed by atoms with van der Waals surface area (Å²) in [6.45, 7) is 6.18. The molecule has 32 heavy (non-hydrogen) atoms. The van der Waals surface area contributed by atoms with Gasteiger partial charge in [0.2, 0.25) is 5.91 Å². The van der Waals surface area contributed by atoms with E-state index in [-0.39, 0.29) is 24.5 Å². The van der Waals surface area contributed by atoms with Crippen LogP contribution in [-0.2, 0) is 16.1 Å². The van der Waals surface area contributed by atoms with E-state index in [2.05, 4.69) is 5.32 Å². The molecule has 0 heterocycles. The lowest BCUT2D eigenvalue weighted by atomic mass is 10.1. The summed E-state index contributed by atoms with van der Waals surface area (Å²) < 4.78 is 5.81. The van der Waals surface area contributed by atoms with Crippen molar-refractivity contribution >= 4 is 23.4 Å². The minimum atomic E-state index is -0.554. The molecule has 1 aliphatic carbocycles. The number of nitrogens with zero attached hydrogens (tertiary/aromatic N) is 1. The molecule has 0 spiro atoms. The van der Waals surface area contributed by atoms with Gasteiger partial charge in [-0.1, -0.05) is 49.6 Å². The maximum Gasteiger partial charge on any atom is 0.261 e. The molecule has 5 nitrogen and oxygen atoms in total. The number of halogens is 1. The summed E-state index contributed by atoms with van der Waals surface area (Å²) in [5.74, 6) is 0.343. The van der Waals surface area contributed by atoms with E-state index in [1.54, 1.807) is 17.0 Å². The Bertz CT molecular complexity index is 923. The lowest BCUT2D eigenvalue weighted by molar-refractivity contribution is -0.143. The fourth-order valence-electron chi connectivity index (χ4n) is 4.11. The second kappa shape index (κ2) is 11.4. The van der Waals surface area contributed by atoms with Crippen molar-refractivity contribution in [3.05, 3.63) is 64.2 Å². The van der Waals surface area contributed by atoms with Gasteiger partial charge in [-0.2, -0.15) is 0 Å². The zero-order valence-corrected chi connectivity index (χ0v) is 20.0. The fourth-order valence-corrected chi connectivity index (χ4v) is 4.23. The Morgan fingerprint density at radius 1 is 1.09 bits per heavy atom. The number of ether oxygens (including phenoxy) is 1. The predicted octanol–water partition coefficient (Wildman–Crippen LogP) is 5.20. The third-order valence-electron chi connectivity index (χ3n) is 6.19. The van der Waals surface area contributed by atoms with Crippen LogP contribution in [-0.4, -0.2) is 35.4 Å². The van der Waals surface area contributed by atoms with E-state index >= 15 is 0 Å². The van der Waals surface area contributed by atoms with E-state index < -0.39 is 6.04 Å². The largest absolute Gasteiger partial charge is 0.484 e. The highest BCUT2D eigenvalue weighted by atomic mass is 35.5. The highest BCUT2D eigenvalue weighted by Gasteiger charge is 2.30. The number of rotatable bonds is 9. The van der Waals surface area contributed by atoms with E-state index in [4.69, 9.17) is 16.3 Å².